The fourth-order valence-corrected chi connectivity index (χ4v) is 1.56. The number of carbonyl (C=O) groups excluding carboxylic acids is 1. The summed E-state index contributed by atoms with van der Waals surface area (Å²) in [7, 11) is 1.38. The highest BCUT2D eigenvalue weighted by Gasteiger charge is 2.01. The third-order valence-electron chi connectivity index (χ3n) is 2.56. The van der Waals surface area contributed by atoms with Crippen LogP contribution in [0.4, 0.5) is 0 Å². The molecule has 0 aliphatic carbocycles. The van der Waals surface area contributed by atoms with Gasteiger partial charge in [-0.2, -0.15) is 0 Å². The second-order valence-electron chi connectivity index (χ2n) is 4.08. The van der Waals surface area contributed by atoms with E-state index < -0.39 is 0 Å². The summed E-state index contributed by atoms with van der Waals surface area (Å²) >= 11 is 0. The van der Waals surface area contributed by atoms with Crippen molar-refractivity contribution in [2.24, 2.45) is 4.99 Å². The molecule has 0 bridgehead atoms. The molecule has 0 atom stereocenters. The number of esters is 1. The van der Waals surface area contributed by atoms with Crippen LogP contribution in [0.1, 0.15) is 19.0 Å². The molecule has 0 saturated heterocycles. The van der Waals surface area contributed by atoms with Crippen LogP contribution in [0.15, 0.2) is 29.4 Å². The summed E-state index contributed by atoms with van der Waals surface area (Å²) in [6.45, 7) is 3.91. The third kappa shape index (κ3) is 9.22. The minimum Gasteiger partial charge on any atom is -0.469 e. The van der Waals surface area contributed by atoms with Gasteiger partial charge in [-0.1, -0.05) is 6.07 Å². The Morgan fingerprint density at radius 3 is 2.81 bits per heavy atom. The molecule has 0 saturated carbocycles. The zero-order valence-electron chi connectivity index (χ0n) is 12.5. The van der Waals surface area contributed by atoms with Crippen molar-refractivity contribution in [2.45, 2.75) is 19.8 Å². The Morgan fingerprint density at radius 1 is 1.38 bits per heavy atom. The van der Waals surface area contributed by atoms with E-state index in [4.69, 9.17) is 0 Å². The monoisotopic (exact) mass is 406 g/mol. The van der Waals surface area contributed by atoms with Crippen molar-refractivity contribution in [3.8, 4) is 0 Å². The summed E-state index contributed by atoms with van der Waals surface area (Å²) in [6.07, 6.45) is 2.89. The molecule has 1 aromatic rings. The maximum atomic E-state index is 11.0. The van der Waals surface area contributed by atoms with E-state index in [1.165, 1.54) is 7.11 Å². The molecule has 0 aromatic carbocycles. The van der Waals surface area contributed by atoms with Crippen molar-refractivity contribution in [1.29, 1.82) is 0 Å². The van der Waals surface area contributed by atoms with Gasteiger partial charge in [-0.25, -0.2) is 0 Å². The zero-order valence-corrected chi connectivity index (χ0v) is 14.8. The number of rotatable bonds is 7. The lowest BCUT2D eigenvalue weighted by atomic mass is 10.3. The molecule has 1 heterocycles. The fraction of sp³-hybridized carbons (Fsp3) is 0.500. The van der Waals surface area contributed by atoms with Crippen molar-refractivity contribution in [3.05, 3.63) is 30.1 Å². The molecule has 0 unspecified atom stereocenters. The van der Waals surface area contributed by atoms with Crippen LogP contribution in [0, 0.1) is 0 Å². The van der Waals surface area contributed by atoms with E-state index in [0.717, 1.165) is 25.2 Å². The van der Waals surface area contributed by atoms with Gasteiger partial charge in [-0.15, -0.1) is 24.0 Å². The lowest BCUT2D eigenvalue weighted by Gasteiger charge is -2.10. The molecule has 7 heteroatoms. The van der Waals surface area contributed by atoms with E-state index in [9.17, 15) is 4.79 Å². The van der Waals surface area contributed by atoms with Crippen molar-refractivity contribution >= 4 is 35.9 Å². The van der Waals surface area contributed by atoms with Gasteiger partial charge in [-0.3, -0.25) is 14.8 Å². The van der Waals surface area contributed by atoms with Gasteiger partial charge < -0.3 is 15.4 Å². The zero-order chi connectivity index (χ0) is 14.6. The Hall–Kier alpha value is -1.38. The van der Waals surface area contributed by atoms with Gasteiger partial charge in [0.25, 0.3) is 0 Å². The van der Waals surface area contributed by atoms with Gasteiger partial charge in [-0.05, 0) is 19.1 Å². The molecule has 2 N–H and O–H groups in total. The number of nitrogens with zero attached hydrogens (tertiary/aromatic N) is 2. The average Bonchev–Trinajstić information content (AvgIpc) is 2.48. The first kappa shape index (κ1) is 19.6. The number of guanidine groups is 1. The van der Waals surface area contributed by atoms with Gasteiger partial charge in [0.15, 0.2) is 5.96 Å². The first-order chi connectivity index (χ1) is 9.76. The van der Waals surface area contributed by atoms with Gasteiger partial charge in [0.1, 0.15) is 0 Å². The van der Waals surface area contributed by atoms with E-state index in [0.29, 0.717) is 12.5 Å². The highest BCUT2D eigenvalue weighted by atomic mass is 127. The minimum absolute atomic E-state index is 0. The molecule has 6 nitrogen and oxygen atoms in total. The average molecular weight is 406 g/mol. The highest BCUT2D eigenvalue weighted by Crippen LogP contribution is 1.93. The maximum absolute atomic E-state index is 11.0. The van der Waals surface area contributed by atoms with Gasteiger partial charge in [0.05, 0.1) is 20.1 Å². The molecule has 118 valence electrons. The lowest BCUT2D eigenvalue weighted by molar-refractivity contribution is -0.140. The topological polar surface area (TPSA) is 75.6 Å². The number of aromatic nitrogens is 1. The number of hydrogen-bond donors (Lipinski definition) is 2. The van der Waals surface area contributed by atoms with Crippen LogP contribution in [0.3, 0.4) is 0 Å². The van der Waals surface area contributed by atoms with Crippen molar-refractivity contribution in [2.75, 3.05) is 26.7 Å². The molecule has 21 heavy (non-hydrogen) atoms. The fourth-order valence-electron chi connectivity index (χ4n) is 1.56. The Bertz CT molecular complexity index is 426. The first-order valence-electron chi connectivity index (χ1n) is 6.75. The number of aliphatic imine (C=N–C) groups is 1. The number of methoxy groups -OCH3 is 1. The van der Waals surface area contributed by atoms with Crippen molar-refractivity contribution in [1.82, 2.24) is 15.6 Å². The van der Waals surface area contributed by atoms with E-state index in [2.05, 4.69) is 25.3 Å². The summed E-state index contributed by atoms with van der Waals surface area (Å²) < 4.78 is 4.57. The summed E-state index contributed by atoms with van der Waals surface area (Å²) in [5.41, 5.74) is 1.03. The Balaban J connectivity index is 0.00000400. The smallest absolute Gasteiger partial charge is 0.307 e. The third-order valence-corrected chi connectivity index (χ3v) is 2.56. The molecule has 1 aromatic heterocycles. The Kier molecular flexibility index (Phi) is 11.6. The number of halogens is 1. The summed E-state index contributed by atoms with van der Waals surface area (Å²) in [5.74, 6) is 0.449. The van der Waals surface area contributed by atoms with Crippen LogP contribution in [0.2, 0.25) is 0 Å². The van der Waals surface area contributed by atoms with E-state index >= 15 is 0 Å². The predicted molar refractivity (Wildman–Crippen MR) is 94.0 cm³/mol. The molecule has 0 fully saturated rings. The van der Waals surface area contributed by atoms with E-state index in [-0.39, 0.29) is 36.4 Å². The van der Waals surface area contributed by atoms with Crippen LogP contribution >= 0.6 is 24.0 Å². The quantitative estimate of drug-likeness (QED) is 0.310. The minimum atomic E-state index is -0.252. The van der Waals surface area contributed by atoms with Crippen LogP contribution in [0.5, 0.6) is 0 Å². The Labute approximate surface area is 142 Å². The predicted octanol–water partition coefficient (Wildman–Crippen LogP) is 1.36. The normalized spacial score (nSPS) is 10.5. The van der Waals surface area contributed by atoms with Gasteiger partial charge >= 0.3 is 5.97 Å². The summed E-state index contributed by atoms with van der Waals surface area (Å²) in [6, 6.07) is 5.86. The van der Waals surface area contributed by atoms with Crippen LogP contribution < -0.4 is 10.6 Å². The van der Waals surface area contributed by atoms with Crippen LogP contribution in [-0.2, 0) is 16.0 Å². The Morgan fingerprint density at radius 2 is 2.19 bits per heavy atom. The molecule has 0 amide bonds. The summed E-state index contributed by atoms with van der Waals surface area (Å²) in [4.78, 5) is 19.6. The number of ether oxygens (including phenoxy) is 1. The second-order valence-corrected chi connectivity index (χ2v) is 4.08. The number of nitrogens with one attached hydrogen (secondary N) is 2. The van der Waals surface area contributed by atoms with Gasteiger partial charge in [0, 0.05) is 31.4 Å². The number of pyridine rings is 1. The number of carbonyl (C=O) groups is 1. The van der Waals surface area contributed by atoms with Crippen molar-refractivity contribution in [3.63, 3.8) is 0 Å². The highest BCUT2D eigenvalue weighted by molar-refractivity contribution is 14.0. The van der Waals surface area contributed by atoms with Crippen LogP contribution in [0.25, 0.3) is 0 Å². The molecule has 1 rings (SSSR count). The molecule has 0 aliphatic heterocycles. The molecule has 0 spiro atoms. The van der Waals surface area contributed by atoms with Crippen LogP contribution in [-0.4, -0.2) is 43.7 Å². The lowest BCUT2D eigenvalue weighted by Crippen LogP contribution is -2.38. The van der Waals surface area contributed by atoms with E-state index in [1.807, 2.05) is 25.1 Å². The molecular weight excluding hydrogens is 383 g/mol. The maximum Gasteiger partial charge on any atom is 0.307 e. The molecular formula is C14H23IN4O2. The first-order valence-corrected chi connectivity index (χ1v) is 6.75. The number of hydrogen-bond acceptors (Lipinski definition) is 4. The molecule has 0 radical (unpaired) electrons. The SMILES string of the molecule is CCNC(=NCCC(=O)OC)NCCc1ccccn1.I. The van der Waals surface area contributed by atoms with E-state index in [1.54, 1.807) is 6.20 Å². The van der Waals surface area contributed by atoms with Gasteiger partial charge in [0.2, 0.25) is 0 Å². The standard InChI is InChI=1S/C14H22N4O2.HI/c1-3-15-14(18-11-8-13(19)20-2)17-10-7-12-6-4-5-9-16-12;/h4-6,9H,3,7-8,10-11H2,1-2H3,(H2,15,17,18);1H. The molecule has 0 aliphatic rings. The summed E-state index contributed by atoms with van der Waals surface area (Å²) in [5, 5.41) is 6.33. The largest absolute Gasteiger partial charge is 0.469 e. The second kappa shape index (κ2) is 12.4. The van der Waals surface area contributed by atoms with Crippen molar-refractivity contribution < 1.29 is 9.53 Å².